The Balaban J connectivity index is 1.64. The Hall–Kier alpha value is -2.30. The van der Waals surface area contributed by atoms with Gasteiger partial charge in [0.15, 0.2) is 5.76 Å². The number of hydrogen-bond acceptors (Lipinski definition) is 4. The number of fused-ring (bicyclic) bond motifs is 1. The Bertz CT molecular complexity index is 974. The van der Waals surface area contributed by atoms with Crippen molar-refractivity contribution in [3.8, 4) is 11.5 Å². The van der Waals surface area contributed by atoms with Gasteiger partial charge in [-0.2, -0.15) is 0 Å². The third-order valence-corrected chi connectivity index (χ3v) is 5.14. The molecule has 0 atom stereocenters. The monoisotopic (exact) mass is 388 g/mol. The van der Waals surface area contributed by atoms with Crippen LogP contribution < -0.4 is 9.47 Å². The minimum Gasteiger partial charge on any atom is -0.452 e. The molecule has 1 saturated carbocycles. The Kier molecular flexibility index (Phi) is 4.25. The summed E-state index contributed by atoms with van der Waals surface area (Å²) in [6, 6.07) is 8.32. The highest BCUT2D eigenvalue weighted by molar-refractivity contribution is 6.42. The maximum atomic E-state index is 12.6. The van der Waals surface area contributed by atoms with Crippen molar-refractivity contribution in [3.05, 3.63) is 62.8 Å². The summed E-state index contributed by atoms with van der Waals surface area (Å²) >= 11 is 11.9. The van der Waals surface area contributed by atoms with Gasteiger partial charge in [0.25, 0.3) is 0 Å². The molecule has 6 heteroatoms. The average molecular weight is 389 g/mol. The Morgan fingerprint density at radius 3 is 2.65 bits per heavy atom. The molecule has 2 aromatic carbocycles. The summed E-state index contributed by atoms with van der Waals surface area (Å²) in [6.45, 7) is 1.77. The minimum absolute atomic E-state index is 0.00434. The van der Waals surface area contributed by atoms with Gasteiger partial charge in [-0.3, -0.25) is 9.59 Å². The van der Waals surface area contributed by atoms with Crippen LogP contribution in [0.15, 0.2) is 36.1 Å². The zero-order chi connectivity index (χ0) is 18.4. The number of ether oxygens (including phenoxy) is 2. The highest BCUT2D eigenvalue weighted by Gasteiger charge is 2.34. The van der Waals surface area contributed by atoms with E-state index in [0.717, 1.165) is 12.8 Å². The van der Waals surface area contributed by atoms with Crippen molar-refractivity contribution in [1.29, 1.82) is 0 Å². The van der Waals surface area contributed by atoms with Gasteiger partial charge in [0, 0.05) is 5.56 Å². The smallest absolute Gasteiger partial charge is 0.314 e. The van der Waals surface area contributed by atoms with Gasteiger partial charge in [-0.05, 0) is 55.7 Å². The van der Waals surface area contributed by atoms with E-state index in [1.165, 1.54) is 0 Å². The second kappa shape index (κ2) is 6.45. The zero-order valence-corrected chi connectivity index (χ0v) is 15.4. The lowest BCUT2D eigenvalue weighted by molar-refractivity contribution is -0.135. The molecule has 1 fully saturated rings. The normalized spacial score (nSPS) is 17.2. The van der Waals surface area contributed by atoms with Crippen LogP contribution in [0.2, 0.25) is 10.0 Å². The van der Waals surface area contributed by atoms with Crippen LogP contribution in [-0.2, 0) is 4.79 Å². The van der Waals surface area contributed by atoms with E-state index in [1.54, 1.807) is 43.3 Å². The van der Waals surface area contributed by atoms with Crippen molar-refractivity contribution in [3.63, 3.8) is 0 Å². The number of allylic oxidation sites excluding steroid dienone is 1. The molecule has 0 spiro atoms. The summed E-state index contributed by atoms with van der Waals surface area (Å²) in [6.07, 6.45) is 3.35. The summed E-state index contributed by atoms with van der Waals surface area (Å²) in [4.78, 5) is 24.5. The third kappa shape index (κ3) is 3.11. The van der Waals surface area contributed by atoms with Gasteiger partial charge < -0.3 is 9.47 Å². The molecular formula is C20H14Cl2O4. The van der Waals surface area contributed by atoms with Crippen molar-refractivity contribution < 1.29 is 19.1 Å². The molecule has 0 radical (unpaired) electrons. The highest BCUT2D eigenvalue weighted by atomic mass is 35.5. The lowest BCUT2D eigenvalue weighted by Crippen LogP contribution is -2.10. The first-order valence-corrected chi connectivity index (χ1v) is 8.94. The molecule has 0 saturated heterocycles. The molecule has 4 nitrogen and oxygen atoms in total. The minimum atomic E-state index is -0.232. The van der Waals surface area contributed by atoms with E-state index in [2.05, 4.69) is 0 Å². The first-order chi connectivity index (χ1) is 12.4. The van der Waals surface area contributed by atoms with Crippen LogP contribution in [0.4, 0.5) is 0 Å². The largest absolute Gasteiger partial charge is 0.452 e. The standard InChI is InChI=1S/C20H14Cl2O4/c1-10-16(26-20(24)12-3-4-12)7-5-13-18(23)17(25-19(10)13)9-11-2-6-14(21)15(22)8-11/h2,5-9,12H,3-4H2,1H3/b17-9-. The average Bonchev–Trinajstić information content (AvgIpc) is 3.41. The van der Waals surface area contributed by atoms with Crippen molar-refractivity contribution in [2.45, 2.75) is 19.8 Å². The number of halogens is 2. The summed E-state index contributed by atoms with van der Waals surface area (Å²) in [5, 5.41) is 0.836. The molecule has 0 bridgehead atoms. The number of benzene rings is 2. The van der Waals surface area contributed by atoms with Gasteiger partial charge in [-0.25, -0.2) is 0 Å². The molecule has 0 aromatic heterocycles. The number of ketones is 1. The van der Waals surface area contributed by atoms with Crippen molar-refractivity contribution in [1.82, 2.24) is 0 Å². The van der Waals surface area contributed by atoms with Crippen LogP contribution >= 0.6 is 23.2 Å². The summed E-state index contributed by atoms with van der Waals surface area (Å²) < 4.78 is 11.2. The number of rotatable bonds is 3. The van der Waals surface area contributed by atoms with E-state index < -0.39 is 0 Å². The Morgan fingerprint density at radius 2 is 1.96 bits per heavy atom. The van der Waals surface area contributed by atoms with Crippen molar-refractivity contribution >= 4 is 41.0 Å². The van der Waals surface area contributed by atoms with Gasteiger partial charge in [0.1, 0.15) is 11.5 Å². The topological polar surface area (TPSA) is 52.6 Å². The van der Waals surface area contributed by atoms with Gasteiger partial charge in [-0.15, -0.1) is 0 Å². The van der Waals surface area contributed by atoms with Crippen molar-refractivity contribution in [2.75, 3.05) is 0 Å². The fourth-order valence-electron chi connectivity index (χ4n) is 2.74. The number of carbonyl (C=O) groups excluding carboxylic acids is 2. The molecule has 0 N–H and O–H groups in total. The van der Waals surface area contributed by atoms with Crippen LogP contribution in [-0.4, -0.2) is 11.8 Å². The summed E-state index contributed by atoms with van der Waals surface area (Å²) in [5.41, 5.74) is 1.77. The molecule has 2 aliphatic rings. The van der Waals surface area contributed by atoms with Crippen LogP contribution in [0.3, 0.4) is 0 Å². The SMILES string of the molecule is Cc1c(OC(=O)C2CC2)ccc2c1O/C(=C\c1ccc(Cl)c(Cl)c1)C2=O. The zero-order valence-electron chi connectivity index (χ0n) is 13.8. The van der Waals surface area contributed by atoms with Crippen LogP contribution in [0.1, 0.15) is 34.3 Å². The lowest BCUT2D eigenvalue weighted by atomic mass is 10.1. The molecule has 26 heavy (non-hydrogen) atoms. The molecule has 1 aliphatic carbocycles. The summed E-state index contributed by atoms with van der Waals surface area (Å²) in [7, 11) is 0. The highest BCUT2D eigenvalue weighted by Crippen LogP contribution is 2.40. The summed E-state index contributed by atoms with van der Waals surface area (Å²) in [5.74, 6) is 0.562. The molecule has 4 rings (SSSR count). The number of carbonyl (C=O) groups is 2. The van der Waals surface area contributed by atoms with Crippen LogP contribution in [0.5, 0.6) is 11.5 Å². The van der Waals surface area contributed by atoms with Gasteiger partial charge >= 0.3 is 5.97 Å². The quantitative estimate of drug-likeness (QED) is 0.410. The van der Waals surface area contributed by atoms with Crippen LogP contribution in [0.25, 0.3) is 6.08 Å². The predicted octanol–water partition coefficient (Wildman–Crippen LogP) is 5.23. The first-order valence-electron chi connectivity index (χ1n) is 8.18. The van der Waals surface area contributed by atoms with E-state index in [4.69, 9.17) is 32.7 Å². The molecule has 1 heterocycles. The van der Waals surface area contributed by atoms with Gasteiger partial charge in [0.05, 0.1) is 21.5 Å². The number of Topliss-reactive ketones (excluding diaryl/α,β-unsaturated/α-hetero) is 1. The van der Waals surface area contributed by atoms with E-state index in [1.807, 2.05) is 0 Å². The number of esters is 1. The molecule has 0 unspecified atom stereocenters. The van der Waals surface area contributed by atoms with E-state index in [9.17, 15) is 9.59 Å². The van der Waals surface area contributed by atoms with Crippen LogP contribution in [0, 0.1) is 12.8 Å². The third-order valence-electron chi connectivity index (χ3n) is 4.40. The fourth-order valence-corrected chi connectivity index (χ4v) is 3.05. The Morgan fingerprint density at radius 1 is 1.19 bits per heavy atom. The number of hydrogen-bond donors (Lipinski definition) is 0. The molecule has 2 aromatic rings. The van der Waals surface area contributed by atoms with Crippen molar-refractivity contribution in [2.24, 2.45) is 5.92 Å². The first kappa shape index (κ1) is 17.1. The Labute approximate surface area is 160 Å². The lowest BCUT2D eigenvalue weighted by Gasteiger charge is -2.09. The molecule has 1 aliphatic heterocycles. The maximum absolute atomic E-state index is 12.6. The second-order valence-corrected chi connectivity index (χ2v) is 7.19. The fraction of sp³-hybridized carbons (Fsp3) is 0.200. The van der Waals surface area contributed by atoms with Gasteiger partial charge in [-0.1, -0.05) is 29.3 Å². The van der Waals surface area contributed by atoms with E-state index in [-0.39, 0.29) is 23.4 Å². The van der Waals surface area contributed by atoms with Gasteiger partial charge in [0.2, 0.25) is 5.78 Å². The second-order valence-electron chi connectivity index (χ2n) is 6.37. The molecule has 132 valence electrons. The predicted molar refractivity (Wildman–Crippen MR) is 98.9 cm³/mol. The maximum Gasteiger partial charge on any atom is 0.314 e. The molecular weight excluding hydrogens is 375 g/mol. The van der Waals surface area contributed by atoms with E-state index >= 15 is 0 Å². The van der Waals surface area contributed by atoms with E-state index in [0.29, 0.717) is 38.2 Å². The molecule has 0 amide bonds.